The Hall–Kier alpha value is -4.15. The molecule has 256 valence electrons. The second-order valence-corrected chi connectivity index (χ2v) is 15.3. The maximum absolute atomic E-state index is 14.2. The van der Waals surface area contributed by atoms with Crippen molar-refractivity contribution < 1.29 is 13.3 Å². The topological polar surface area (TPSA) is 138 Å². The monoisotopic (exact) mass is 668 g/mol. The first-order chi connectivity index (χ1) is 23.6. The first-order valence-electron chi connectivity index (χ1n) is 17.8. The molecule has 49 heavy (non-hydrogen) atoms. The summed E-state index contributed by atoms with van der Waals surface area (Å²) in [7, 11) is 2.16. The average Bonchev–Trinajstić information content (AvgIpc) is 3.82. The van der Waals surface area contributed by atoms with Crippen LogP contribution in [-0.2, 0) is 18.3 Å². The van der Waals surface area contributed by atoms with Gasteiger partial charge in [-0.15, -0.1) is 0 Å². The van der Waals surface area contributed by atoms with Gasteiger partial charge < -0.3 is 25.4 Å². The van der Waals surface area contributed by atoms with Crippen molar-refractivity contribution in [2.45, 2.75) is 100 Å². The largest absolute Gasteiger partial charge is 0.398 e. The molecule has 3 N–H and O–H groups in total. The van der Waals surface area contributed by atoms with Crippen LogP contribution in [0.4, 0.5) is 20.3 Å². The summed E-state index contributed by atoms with van der Waals surface area (Å²) in [6.07, 6.45) is 8.89. The van der Waals surface area contributed by atoms with Crippen molar-refractivity contribution >= 4 is 22.5 Å². The van der Waals surface area contributed by atoms with Crippen LogP contribution < -0.4 is 16.0 Å². The van der Waals surface area contributed by atoms with Crippen molar-refractivity contribution in [3.63, 3.8) is 0 Å². The molecule has 0 amide bonds. The Morgan fingerprint density at radius 2 is 1.94 bits per heavy atom. The molecule has 2 aliphatic heterocycles. The molecule has 11 nitrogen and oxygen atoms in total. The Balaban J connectivity index is 1.19. The predicted octanol–water partition coefficient (Wildman–Crippen LogP) is 5.13. The molecular weight excluding hydrogens is 626 g/mol. The maximum atomic E-state index is 14.2. The van der Waals surface area contributed by atoms with Gasteiger partial charge in [0.25, 0.3) is 5.92 Å². The molecule has 3 atom stereocenters. The molecule has 1 saturated carbocycles. The second-order valence-electron chi connectivity index (χ2n) is 15.3. The van der Waals surface area contributed by atoms with E-state index < -0.39 is 16.9 Å². The number of benzene rings is 1. The van der Waals surface area contributed by atoms with E-state index in [0.717, 1.165) is 85.7 Å². The Bertz CT molecular complexity index is 2000. The van der Waals surface area contributed by atoms with Gasteiger partial charge in [0, 0.05) is 55.3 Å². The van der Waals surface area contributed by atoms with Gasteiger partial charge >= 0.3 is 0 Å². The molecule has 5 aliphatic rings. The molecule has 0 radical (unpaired) electrons. The molecular formula is C36H42F2N10O. The minimum atomic E-state index is -2.65. The van der Waals surface area contributed by atoms with E-state index in [0.29, 0.717) is 59.9 Å². The van der Waals surface area contributed by atoms with Crippen LogP contribution in [0.1, 0.15) is 92.3 Å². The molecule has 5 heterocycles. The van der Waals surface area contributed by atoms with Crippen LogP contribution in [0.2, 0.25) is 0 Å². The lowest BCUT2D eigenvalue weighted by Gasteiger charge is -2.53. The Morgan fingerprint density at radius 1 is 1.12 bits per heavy atom. The van der Waals surface area contributed by atoms with Gasteiger partial charge in [-0.25, -0.2) is 23.4 Å². The van der Waals surface area contributed by atoms with Gasteiger partial charge in [0.2, 0.25) is 0 Å². The highest BCUT2D eigenvalue weighted by atomic mass is 19.3. The van der Waals surface area contributed by atoms with Crippen molar-refractivity contribution in [3.8, 4) is 17.6 Å². The van der Waals surface area contributed by atoms with E-state index in [1.807, 2.05) is 16.9 Å². The molecule has 0 bridgehead atoms. The number of halogens is 2. The van der Waals surface area contributed by atoms with Crippen molar-refractivity contribution in [1.29, 1.82) is 5.26 Å². The van der Waals surface area contributed by atoms with Gasteiger partial charge in [0.1, 0.15) is 11.9 Å². The van der Waals surface area contributed by atoms with E-state index in [2.05, 4.69) is 41.2 Å². The van der Waals surface area contributed by atoms with E-state index in [9.17, 15) is 14.0 Å². The number of hydrogen-bond donors (Lipinski definition) is 2. The molecule has 3 aromatic heterocycles. The number of alkyl halides is 2. The number of aryl methyl sites for hydroxylation is 1. The summed E-state index contributed by atoms with van der Waals surface area (Å²) in [4.78, 5) is 14.9. The summed E-state index contributed by atoms with van der Waals surface area (Å²) in [6, 6.07) is 6.68. The number of nitriles is 1. The number of piperazine rings is 1. The molecule has 3 unspecified atom stereocenters. The number of likely N-dealkylation sites (N-methyl/N-ethyl adjacent to an activating group) is 1. The molecule has 9 rings (SSSR count). The summed E-state index contributed by atoms with van der Waals surface area (Å²) < 4.78 is 36.8. The molecule has 4 aromatic rings. The minimum Gasteiger partial charge on any atom is -0.398 e. The number of hydrogen-bond acceptors (Lipinski definition) is 10. The van der Waals surface area contributed by atoms with Gasteiger partial charge in [0.05, 0.1) is 28.6 Å². The van der Waals surface area contributed by atoms with E-state index in [1.165, 1.54) is 0 Å². The van der Waals surface area contributed by atoms with Crippen LogP contribution in [0.15, 0.2) is 22.9 Å². The number of rotatable bonds is 4. The SMILES string of the molecule is CC(C1CCCN1C)n1ncc2c(N3CCNC4(C3)CC(F)(F)C4)nc(-c3noc4c3CCCC43CCCc4ccc(N)c(C#N)c43)nc21. The third kappa shape index (κ3) is 4.63. The first kappa shape index (κ1) is 30.9. The van der Waals surface area contributed by atoms with Crippen LogP contribution in [0.3, 0.4) is 0 Å². The van der Waals surface area contributed by atoms with Crippen LogP contribution in [0, 0.1) is 11.3 Å². The predicted molar refractivity (Wildman–Crippen MR) is 181 cm³/mol. The smallest absolute Gasteiger partial charge is 0.251 e. The van der Waals surface area contributed by atoms with E-state index in [4.69, 9.17) is 30.5 Å². The zero-order valence-electron chi connectivity index (χ0n) is 28.1. The minimum absolute atomic E-state index is 0.0587. The lowest BCUT2D eigenvalue weighted by molar-refractivity contribution is -0.133. The highest BCUT2D eigenvalue weighted by Crippen LogP contribution is 2.53. The summed E-state index contributed by atoms with van der Waals surface area (Å²) in [6.45, 7) is 4.87. The standard InChI is InChI=1S/C36H42F2N10O/c1-21(27-8-5-14-46(27)2)48-33-25(17-42-48)32(47-15-13-41-34(20-47)18-36(37,38)19-34)43-31(44-33)29-23-7-4-12-35(30(23)49-45-29)11-3-6-22-9-10-26(40)24(16-39)28(22)35/h9-10,17,21,27,41H,3-8,11-15,18-20,40H2,1-2H3. The molecule has 2 saturated heterocycles. The van der Waals surface area contributed by atoms with Gasteiger partial charge in [-0.3, -0.25) is 0 Å². The number of fused-ring (bicyclic) bond motifs is 5. The molecule has 3 aliphatic carbocycles. The zero-order valence-corrected chi connectivity index (χ0v) is 28.1. The lowest BCUT2D eigenvalue weighted by atomic mass is 9.61. The van der Waals surface area contributed by atoms with Crippen LogP contribution in [-0.4, -0.2) is 80.5 Å². The quantitative estimate of drug-likeness (QED) is 0.282. The summed E-state index contributed by atoms with van der Waals surface area (Å²) in [5.41, 5.74) is 10.7. The number of nitrogen functional groups attached to an aromatic ring is 1. The molecule has 2 spiro atoms. The van der Waals surface area contributed by atoms with Gasteiger partial charge in [-0.2, -0.15) is 10.4 Å². The maximum Gasteiger partial charge on any atom is 0.251 e. The number of likely N-dealkylation sites (tertiary alicyclic amines) is 1. The molecule has 13 heteroatoms. The summed E-state index contributed by atoms with van der Waals surface area (Å²) >= 11 is 0. The van der Waals surface area contributed by atoms with Gasteiger partial charge in [-0.05, 0) is 89.1 Å². The van der Waals surface area contributed by atoms with Crippen LogP contribution in [0.25, 0.3) is 22.6 Å². The highest BCUT2D eigenvalue weighted by Gasteiger charge is 2.58. The Kier molecular flexibility index (Phi) is 6.88. The van der Waals surface area contributed by atoms with Gasteiger partial charge in [-0.1, -0.05) is 11.2 Å². The van der Waals surface area contributed by atoms with Crippen molar-refractivity contribution in [2.24, 2.45) is 0 Å². The molecule has 3 fully saturated rings. The third-order valence-electron chi connectivity index (χ3n) is 12.3. The van der Waals surface area contributed by atoms with Crippen molar-refractivity contribution in [2.75, 3.05) is 43.9 Å². The number of aromatic nitrogens is 5. The normalized spacial score (nSPS) is 26.4. The van der Waals surface area contributed by atoms with E-state index in [-0.39, 0.29) is 18.9 Å². The van der Waals surface area contributed by atoms with Crippen LogP contribution in [0.5, 0.6) is 0 Å². The number of anilines is 2. The second kappa shape index (κ2) is 10.9. The fourth-order valence-corrected chi connectivity index (χ4v) is 10.1. The van der Waals surface area contributed by atoms with Gasteiger partial charge in [0.15, 0.2) is 22.9 Å². The Morgan fingerprint density at radius 3 is 2.69 bits per heavy atom. The highest BCUT2D eigenvalue weighted by molar-refractivity contribution is 5.89. The number of nitrogens with zero attached hydrogens (tertiary/aromatic N) is 8. The fourth-order valence-electron chi connectivity index (χ4n) is 10.1. The third-order valence-corrected chi connectivity index (χ3v) is 12.3. The summed E-state index contributed by atoms with van der Waals surface area (Å²) in [5, 5.41) is 24.0. The van der Waals surface area contributed by atoms with Crippen molar-refractivity contribution in [1.82, 2.24) is 35.1 Å². The van der Waals surface area contributed by atoms with E-state index in [1.54, 1.807) is 0 Å². The van der Waals surface area contributed by atoms with Crippen molar-refractivity contribution in [3.05, 3.63) is 46.3 Å². The average molecular weight is 669 g/mol. The Labute approximate surface area is 283 Å². The summed E-state index contributed by atoms with van der Waals surface area (Å²) in [5.74, 6) is -0.721. The number of nitrogens with two attached hydrogens (primary N) is 1. The first-order valence-corrected chi connectivity index (χ1v) is 17.8. The van der Waals surface area contributed by atoms with Crippen LogP contribution >= 0.6 is 0 Å². The zero-order chi connectivity index (χ0) is 33.7. The molecule has 1 aromatic carbocycles. The fraction of sp³-hybridized carbons (Fsp3) is 0.583. The number of nitrogens with one attached hydrogen (secondary N) is 1. The lowest BCUT2D eigenvalue weighted by Crippen LogP contribution is -2.70. The van der Waals surface area contributed by atoms with E-state index >= 15 is 0 Å².